The van der Waals surface area contributed by atoms with Gasteiger partial charge in [-0.2, -0.15) is 0 Å². The van der Waals surface area contributed by atoms with E-state index >= 15 is 0 Å². The number of carbonyl (C=O) groups excluding carboxylic acids is 14. The van der Waals surface area contributed by atoms with E-state index in [0.717, 1.165) is 6.92 Å². The molecule has 7 rings (SSSR count). The number of aliphatic hydroxyl groups excluding tert-OH is 2. The van der Waals surface area contributed by atoms with Gasteiger partial charge in [-0.15, -0.1) is 0 Å². The molecule has 0 aliphatic rings. The third-order valence-corrected chi connectivity index (χ3v) is 20.8. The highest BCUT2D eigenvalue weighted by Gasteiger charge is 2.41. The molecule has 52 heteroatoms. The molecular weight excluding hydrogens is 1760 g/mol. The zero-order valence-corrected chi connectivity index (χ0v) is 74.3. The fourth-order valence-corrected chi connectivity index (χ4v) is 13.6. The van der Waals surface area contributed by atoms with E-state index in [-0.39, 0.29) is 93.9 Å². The Morgan fingerprint density at radius 3 is 1.07 bits per heavy atom. The van der Waals surface area contributed by atoms with Crippen molar-refractivity contribution in [2.75, 3.05) is 19.7 Å². The van der Waals surface area contributed by atoms with Gasteiger partial charge in [0, 0.05) is 123 Å². The summed E-state index contributed by atoms with van der Waals surface area (Å²) in [5, 5.41) is 97.4. The van der Waals surface area contributed by atoms with Crippen molar-refractivity contribution in [3.05, 3.63) is 139 Å². The molecule has 0 radical (unpaired) electrons. The Hall–Kier alpha value is -15.1. The molecule has 1 aromatic carbocycles. The Labute approximate surface area is 766 Å². The van der Waals surface area contributed by atoms with E-state index in [0.29, 0.717) is 34.8 Å². The number of benzene rings is 1. The van der Waals surface area contributed by atoms with Crippen molar-refractivity contribution in [1.29, 1.82) is 5.41 Å². The molecule has 16 atom stereocenters. The van der Waals surface area contributed by atoms with Gasteiger partial charge in [-0.25, -0.2) is 34.7 Å². The van der Waals surface area contributed by atoms with Crippen LogP contribution in [0.3, 0.4) is 0 Å². The topological polar surface area (TPSA) is 829 Å². The normalized spacial score (nSPS) is 14.8. The predicted molar refractivity (Wildman–Crippen MR) is 471 cm³/mol. The van der Waals surface area contributed by atoms with Crippen LogP contribution in [0.1, 0.15) is 126 Å². The maximum atomic E-state index is 14.8. The number of H-pyrrole nitrogens is 6. The first-order chi connectivity index (χ1) is 63.8. The van der Waals surface area contributed by atoms with Gasteiger partial charge in [0.05, 0.1) is 63.1 Å². The van der Waals surface area contributed by atoms with Gasteiger partial charge in [0.25, 0.3) is 0 Å². The standard InChI is InChI=1S/C82H119N31O21/c1-40(2)18-52(84)68(120)104-61(26-64(117)118)76(128)107-60(24-49-31-91-38-98-49)77(129)113-66(43(6)115)80(132)108-55(19-44-12-14-51(116)15-13-44)71(123)101-54(11-9-17-93-82(85)86)69(121)100-42(5)67(119)103-56(20-45-27-87-34-94-45)75(127)111-63(33-114)78(130)102-53(10-7-8-16-83)70(122)112-65(41(3)4)79(131)109-59(23-48-30-90-37-97-48)73(125)105-57(21-46-28-88-35-95-46)72(124)106-58(22-47-29-89-36-96-47)74(126)110-62(81(133)134)25-50-32-92-39-99-50/h12-15,27-32,34-43,52-63,65-66,114-116H,7-11,16-26,33,83-84H2,1-6H3,(H,87,94)(H,88,95)(H,89,96)(H,90,97)(H,91,98)(H,92,99)(H,100,121)(H,101,123)(H,102,130)(H,103,119)(H,104,120)(H,105,125)(H,106,124)(H,107,128)(H,108,132)(H,109,131)(H,110,126)(H,111,127)(H,112,122)(H,113,129)(H,117,118)(H,133,134)(H4,85,86,93)/t42-,43+,52-,53-,54-,55-,56-,57-,58-,59-,60-,61-,62-,63-,65-,66-/m0/s1. The van der Waals surface area contributed by atoms with E-state index in [1.165, 1.54) is 106 Å². The number of amides is 14. The zero-order chi connectivity index (χ0) is 98.3. The van der Waals surface area contributed by atoms with Crippen LogP contribution in [0.25, 0.3) is 0 Å². The summed E-state index contributed by atoms with van der Waals surface area (Å²) in [6, 6.07) is -19.0. The number of aromatic nitrogens is 12. The average Bonchev–Trinajstić information content (AvgIpc) is 1.45. The van der Waals surface area contributed by atoms with Gasteiger partial charge in [0.15, 0.2) is 5.96 Å². The average molecular weight is 1880 g/mol. The zero-order valence-electron chi connectivity index (χ0n) is 74.3. The second-order valence-electron chi connectivity index (χ2n) is 32.5. The Balaban J connectivity index is 1.06. The monoisotopic (exact) mass is 1870 g/mol. The van der Waals surface area contributed by atoms with Gasteiger partial charge in [0.2, 0.25) is 82.7 Å². The fourth-order valence-electron chi connectivity index (χ4n) is 13.6. The number of nitrogens with zero attached hydrogens (tertiary/aromatic N) is 6. The Kier molecular flexibility index (Phi) is 42.1. The second kappa shape index (κ2) is 53.3. The summed E-state index contributed by atoms with van der Waals surface area (Å²) in [6.07, 6.45) is 11.0. The molecular formula is C82H119N31O21. The molecule has 134 heavy (non-hydrogen) atoms. The molecule has 52 nitrogen and oxygen atoms in total. The van der Waals surface area contributed by atoms with Crippen LogP contribution in [-0.2, 0) is 122 Å². The van der Waals surface area contributed by atoms with Gasteiger partial charge in [-0.05, 0) is 88.4 Å². The largest absolute Gasteiger partial charge is 0.508 e. The molecule has 6 aromatic heterocycles. The number of carboxylic acid groups (broad SMARTS) is 2. The summed E-state index contributed by atoms with van der Waals surface area (Å²) >= 11 is 0. The number of nitrogens with two attached hydrogens (primary N) is 3. The minimum atomic E-state index is -1.96. The second-order valence-corrected chi connectivity index (χ2v) is 32.5. The smallest absolute Gasteiger partial charge is 0.326 e. The number of carbonyl (C=O) groups is 16. The van der Waals surface area contributed by atoms with Crippen LogP contribution in [0.15, 0.2) is 99.4 Å². The van der Waals surface area contributed by atoms with Gasteiger partial charge < -0.3 is 152 Å². The van der Waals surface area contributed by atoms with Crippen LogP contribution in [0.2, 0.25) is 0 Å². The van der Waals surface area contributed by atoms with E-state index in [9.17, 15) is 102 Å². The summed E-state index contributed by atoms with van der Waals surface area (Å²) in [5.74, 6) is -19.1. The highest BCUT2D eigenvalue weighted by molar-refractivity contribution is 6.01. The van der Waals surface area contributed by atoms with E-state index in [1.807, 2.05) is 0 Å². The van der Waals surface area contributed by atoms with E-state index in [4.69, 9.17) is 22.6 Å². The van der Waals surface area contributed by atoms with Crippen LogP contribution >= 0.6 is 0 Å². The molecule has 0 saturated carbocycles. The number of hydrogen-bond donors (Lipinski definition) is 30. The van der Waals surface area contributed by atoms with Crippen LogP contribution in [0.5, 0.6) is 5.75 Å². The van der Waals surface area contributed by atoms with E-state index in [1.54, 1.807) is 27.7 Å². The number of nitrogens with one attached hydrogen (secondary N) is 22. The first-order valence-corrected chi connectivity index (χ1v) is 42.9. The van der Waals surface area contributed by atoms with Gasteiger partial charge in [-0.3, -0.25) is 77.3 Å². The number of phenols is 1. The SMILES string of the molecule is CC(C)C[C@H](N)C(=O)N[C@@H](CC(=O)O)C(=O)N[C@@H](Cc1cnc[nH]1)C(=O)N[C@H](C(=O)N[C@@H](Cc1ccc(O)cc1)C(=O)N[C@@H](CCCNC(=N)N)C(=O)N[C@@H](C)C(=O)N[C@@H](Cc1cnc[nH]1)C(=O)N[C@@H](CO)C(=O)N[C@@H](CCCCN)C(=O)N[C@H](C(=O)N[C@@H](Cc1cnc[nH]1)C(=O)N[C@@H](Cc1cnc[nH]1)C(=O)N[C@@H](Cc1cnc[nH]1)C(=O)N[C@@H](Cc1cnc[nH]1)C(=O)O)C(C)C)[C@@H](C)O. The lowest BCUT2D eigenvalue weighted by atomic mass is 10.0. The Bertz CT molecular complexity index is 4980. The van der Waals surface area contributed by atoms with Gasteiger partial charge in [-0.1, -0.05) is 39.8 Å². The van der Waals surface area contributed by atoms with E-state index < -0.39 is 236 Å². The quantitative estimate of drug-likeness (QED) is 0.00956. The number of aromatic hydroxyl groups is 1. The number of unbranched alkanes of at least 4 members (excludes halogenated alkanes) is 1. The van der Waals surface area contributed by atoms with Crippen LogP contribution in [0.4, 0.5) is 0 Å². The minimum Gasteiger partial charge on any atom is -0.508 e. The van der Waals surface area contributed by atoms with E-state index in [2.05, 4.69) is 140 Å². The maximum absolute atomic E-state index is 14.8. The number of rotatable bonds is 58. The summed E-state index contributed by atoms with van der Waals surface area (Å²) in [5.41, 5.74) is 19.5. The van der Waals surface area contributed by atoms with Crippen LogP contribution in [0, 0.1) is 17.2 Å². The van der Waals surface area contributed by atoms with Crippen molar-refractivity contribution in [1.82, 2.24) is 140 Å². The predicted octanol–water partition coefficient (Wildman–Crippen LogP) is -8.11. The highest BCUT2D eigenvalue weighted by atomic mass is 16.4. The molecule has 728 valence electrons. The number of aliphatic carboxylic acids is 2. The lowest BCUT2D eigenvalue weighted by Crippen LogP contribution is -2.62. The molecule has 0 bridgehead atoms. The number of phenolic OH excluding ortho intramolecular Hbond substituents is 1. The van der Waals surface area contributed by atoms with Crippen molar-refractivity contribution in [2.45, 2.75) is 228 Å². The summed E-state index contributed by atoms with van der Waals surface area (Å²) in [6.45, 7) is 7.91. The number of hydrogen-bond acceptors (Lipinski definition) is 28. The molecule has 0 aliphatic heterocycles. The minimum absolute atomic E-state index is 0.0200. The van der Waals surface area contributed by atoms with Gasteiger partial charge >= 0.3 is 11.9 Å². The third kappa shape index (κ3) is 35.3. The van der Waals surface area contributed by atoms with Crippen molar-refractivity contribution >= 4 is 101 Å². The van der Waals surface area contributed by atoms with Crippen molar-refractivity contribution < 1.29 is 102 Å². The van der Waals surface area contributed by atoms with Crippen molar-refractivity contribution in [2.24, 2.45) is 29.0 Å². The summed E-state index contributed by atoms with van der Waals surface area (Å²) in [7, 11) is 0. The molecule has 6 heterocycles. The number of imidazole rings is 6. The lowest BCUT2D eigenvalue weighted by molar-refractivity contribution is -0.142. The summed E-state index contributed by atoms with van der Waals surface area (Å²) in [4.78, 5) is 267. The number of aromatic amines is 6. The fraction of sp³-hybridized carbons (Fsp3) is 0.500. The van der Waals surface area contributed by atoms with Gasteiger partial charge in [0.1, 0.15) is 90.3 Å². The third-order valence-electron chi connectivity index (χ3n) is 20.8. The van der Waals surface area contributed by atoms with Crippen LogP contribution in [-0.4, -0.2) is 302 Å². The molecule has 0 unspecified atom stereocenters. The lowest BCUT2D eigenvalue weighted by Gasteiger charge is -2.29. The first kappa shape index (κ1) is 106. The first-order valence-electron chi connectivity index (χ1n) is 42.9. The van der Waals surface area contributed by atoms with Crippen molar-refractivity contribution in [3.8, 4) is 5.75 Å². The summed E-state index contributed by atoms with van der Waals surface area (Å²) < 4.78 is 0. The molecule has 0 spiro atoms. The molecule has 0 aliphatic carbocycles. The number of carboxylic acids is 2. The Morgan fingerprint density at radius 2 is 0.709 bits per heavy atom. The van der Waals surface area contributed by atoms with Crippen molar-refractivity contribution in [3.63, 3.8) is 0 Å². The highest BCUT2D eigenvalue weighted by Crippen LogP contribution is 2.17. The molecule has 7 aromatic rings. The maximum Gasteiger partial charge on any atom is 0.326 e. The molecule has 0 saturated heterocycles. The number of guanidine groups is 1. The Morgan fingerprint density at radius 1 is 0.388 bits per heavy atom. The van der Waals surface area contributed by atoms with Crippen LogP contribution < -0.4 is 97.0 Å². The molecule has 33 N–H and O–H groups in total. The number of aliphatic hydroxyl groups is 2. The molecule has 0 fully saturated rings. The molecule has 14 amide bonds.